The lowest BCUT2D eigenvalue weighted by atomic mass is 10.0. The van der Waals surface area contributed by atoms with Gasteiger partial charge in [-0.15, -0.1) is 6.54 Å². The Morgan fingerprint density at radius 3 is 2.35 bits per heavy atom. The molecule has 0 aliphatic rings. The third kappa shape index (κ3) is 7.20. The molecule has 0 bridgehead atoms. The van der Waals surface area contributed by atoms with Crippen molar-refractivity contribution in [3.63, 3.8) is 0 Å². The number of hydrogen-bond donors (Lipinski definition) is 2. The molecule has 0 radical (unpaired) electrons. The molecule has 1 rings (SSSR count). The molecule has 8 heteroatoms. The predicted octanol–water partition coefficient (Wildman–Crippen LogP) is 1.88. The van der Waals surface area contributed by atoms with Gasteiger partial charge >= 0.3 is 5.97 Å². The molecule has 0 saturated heterocycles. The Kier molecular flexibility index (Phi) is 8.74. The van der Waals surface area contributed by atoms with Crippen molar-refractivity contribution in [3.8, 4) is 0 Å². The van der Waals surface area contributed by atoms with Crippen LogP contribution < -0.4 is 10.6 Å². The fourth-order valence-electron chi connectivity index (χ4n) is 2.34. The van der Waals surface area contributed by atoms with Crippen LogP contribution in [0.25, 0.3) is 5.73 Å². The van der Waals surface area contributed by atoms with Crippen LogP contribution in [0.5, 0.6) is 0 Å². The van der Waals surface area contributed by atoms with Gasteiger partial charge in [0.25, 0.3) is 0 Å². The van der Waals surface area contributed by atoms with Crippen LogP contribution in [0.15, 0.2) is 12.1 Å². The molecule has 0 aliphatic heterocycles. The first-order valence-electron chi connectivity index (χ1n) is 8.30. The number of rotatable bonds is 9. The molecule has 144 valence electrons. The van der Waals surface area contributed by atoms with Gasteiger partial charge in [0.05, 0.1) is 0 Å². The van der Waals surface area contributed by atoms with Crippen LogP contribution in [0.3, 0.4) is 0 Å². The van der Waals surface area contributed by atoms with Crippen molar-refractivity contribution in [1.29, 1.82) is 0 Å². The van der Waals surface area contributed by atoms with Gasteiger partial charge in [-0.2, -0.15) is 0 Å². The maximum atomic E-state index is 12.3. The van der Waals surface area contributed by atoms with Crippen molar-refractivity contribution < 1.29 is 23.9 Å². The highest BCUT2D eigenvalue weighted by Crippen LogP contribution is 2.23. The monoisotopic (exact) mass is 364 g/mol. The highest BCUT2D eigenvalue weighted by molar-refractivity contribution is 5.98. The van der Waals surface area contributed by atoms with Crippen molar-refractivity contribution in [1.82, 2.24) is 5.32 Å². The van der Waals surface area contributed by atoms with Gasteiger partial charge in [-0.05, 0) is 37.5 Å². The van der Waals surface area contributed by atoms with Gasteiger partial charge in [-0.25, -0.2) is 0 Å². The molecule has 2 amide bonds. The molecule has 1 unspecified atom stereocenters. The summed E-state index contributed by atoms with van der Waals surface area (Å²) in [5.41, 5.74) is 10.1. The minimum absolute atomic E-state index is 0.0787. The van der Waals surface area contributed by atoms with E-state index in [0.29, 0.717) is 5.69 Å². The molecular weight excluding hydrogens is 338 g/mol. The highest BCUT2D eigenvalue weighted by Gasteiger charge is 2.17. The van der Waals surface area contributed by atoms with E-state index in [9.17, 15) is 14.4 Å². The Hall–Kier alpha value is -2.45. The van der Waals surface area contributed by atoms with Gasteiger partial charge in [-0.1, -0.05) is 12.1 Å². The van der Waals surface area contributed by atoms with E-state index in [1.807, 2.05) is 26.0 Å². The van der Waals surface area contributed by atoms with E-state index in [2.05, 4.69) is 10.6 Å². The highest BCUT2D eigenvalue weighted by atomic mass is 16.5. The summed E-state index contributed by atoms with van der Waals surface area (Å²) in [6.45, 7) is 6.87. The van der Waals surface area contributed by atoms with Gasteiger partial charge in [-0.3, -0.25) is 14.4 Å². The van der Waals surface area contributed by atoms with Crippen LogP contribution in [0, 0.1) is 13.8 Å². The second kappa shape index (κ2) is 10.5. The molecule has 1 aromatic rings. The number of anilines is 1. The third-order valence-corrected chi connectivity index (χ3v) is 3.53. The van der Waals surface area contributed by atoms with Crippen LogP contribution >= 0.6 is 0 Å². The first kappa shape index (κ1) is 21.6. The number of carbonyl (C=O) groups excluding carboxylic acids is 3. The average Bonchev–Trinajstić information content (AvgIpc) is 2.56. The minimum atomic E-state index is -0.735. The largest absolute Gasteiger partial charge is 0.676 e. The lowest BCUT2D eigenvalue weighted by Crippen LogP contribution is -2.43. The predicted molar refractivity (Wildman–Crippen MR) is 97.6 cm³/mol. The fourth-order valence-corrected chi connectivity index (χ4v) is 2.34. The summed E-state index contributed by atoms with van der Waals surface area (Å²) in [6.07, 6.45) is 0. The second-order valence-corrected chi connectivity index (χ2v) is 5.97. The molecule has 1 aromatic carbocycles. The molecule has 0 aliphatic carbocycles. The van der Waals surface area contributed by atoms with E-state index in [0.717, 1.165) is 16.7 Å². The first-order valence-corrected chi connectivity index (χ1v) is 8.30. The zero-order valence-corrected chi connectivity index (χ0v) is 15.6. The fraction of sp³-hybridized carbons (Fsp3) is 0.500. The average molecular weight is 364 g/mol. The summed E-state index contributed by atoms with van der Waals surface area (Å²) in [5, 5.41) is 5.36. The lowest BCUT2D eigenvalue weighted by molar-refractivity contribution is -0.142. The Morgan fingerprint density at radius 2 is 1.81 bits per heavy atom. The Labute approximate surface area is 153 Å². The quantitative estimate of drug-likeness (QED) is 0.512. The molecule has 26 heavy (non-hydrogen) atoms. The van der Waals surface area contributed by atoms with E-state index in [4.69, 9.17) is 15.2 Å². The van der Waals surface area contributed by atoms with Gasteiger partial charge in [0.2, 0.25) is 11.8 Å². The molecule has 0 aromatic heterocycles. The molecular formula is C18H26N3O5-. The number of esters is 1. The summed E-state index contributed by atoms with van der Waals surface area (Å²) in [6, 6.07) is 2.94. The van der Waals surface area contributed by atoms with E-state index in [1.54, 1.807) is 6.92 Å². The molecule has 3 N–H and O–H groups in total. The van der Waals surface area contributed by atoms with Gasteiger partial charge in [0.1, 0.15) is 19.3 Å². The van der Waals surface area contributed by atoms with Crippen LogP contribution in [0.4, 0.5) is 5.69 Å². The van der Waals surface area contributed by atoms with Gasteiger partial charge in [0.15, 0.2) is 0 Å². The number of hydrogen-bond acceptors (Lipinski definition) is 5. The molecule has 0 spiro atoms. The van der Waals surface area contributed by atoms with Crippen molar-refractivity contribution in [2.75, 3.05) is 25.1 Å². The second-order valence-electron chi connectivity index (χ2n) is 5.97. The van der Waals surface area contributed by atoms with Crippen molar-refractivity contribution in [3.05, 3.63) is 34.6 Å². The normalized spacial score (nSPS) is 11.6. The number of benzene rings is 1. The summed E-state index contributed by atoms with van der Waals surface area (Å²) in [7, 11) is 0. The van der Waals surface area contributed by atoms with Crippen LogP contribution in [-0.2, 0) is 30.5 Å². The number of amides is 2. The standard InChI is InChI=1S/C18H26N3O5/c1-11-7-15(9-26-14(4)22)8-12(2)17(11)21-18(24)13(3)20-16(23)10-25-6-5-19/h7-8,13,19H,5-6,9-10H2,1-4H3,(H,20,23)(H,21,24)/q-1. The lowest BCUT2D eigenvalue weighted by Gasteiger charge is -2.18. The summed E-state index contributed by atoms with van der Waals surface area (Å²) < 4.78 is 9.95. The summed E-state index contributed by atoms with van der Waals surface area (Å²) >= 11 is 0. The number of aryl methyl sites for hydroxylation is 2. The smallest absolute Gasteiger partial charge is 0.302 e. The van der Waals surface area contributed by atoms with Crippen molar-refractivity contribution in [2.24, 2.45) is 0 Å². The molecule has 8 nitrogen and oxygen atoms in total. The molecule has 0 saturated carbocycles. The number of carbonyl (C=O) groups is 3. The summed E-state index contributed by atoms with van der Waals surface area (Å²) in [4.78, 5) is 34.9. The van der Waals surface area contributed by atoms with E-state index >= 15 is 0 Å². The van der Waals surface area contributed by atoms with Crippen LogP contribution in [-0.4, -0.2) is 43.6 Å². The first-order chi connectivity index (χ1) is 12.2. The van der Waals surface area contributed by atoms with Gasteiger partial charge < -0.3 is 25.8 Å². The molecule has 0 heterocycles. The molecule has 1 atom stereocenters. The zero-order chi connectivity index (χ0) is 19.7. The van der Waals surface area contributed by atoms with E-state index in [1.165, 1.54) is 6.92 Å². The number of nitrogens with one attached hydrogen (secondary N) is 3. The van der Waals surface area contributed by atoms with E-state index < -0.39 is 11.9 Å². The SMILES string of the molecule is CC(=O)OCc1cc(C)c(NC(=O)C(C)NC(=O)COCC[NH-])c(C)c1. The van der Waals surface area contributed by atoms with E-state index in [-0.39, 0.29) is 38.2 Å². The Bertz CT molecular complexity index is 637. The van der Waals surface area contributed by atoms with Crippen LogP contribution in [0.2, 0.25) is 0 Å². The maximum absolute atomic E-state index is 12.3. The molecule has 0 fully saturated rings. The maximum Gasteiger partial charge on any atom is 0.302 e. The Morgan fingerprint density at radius 1 is 1.19 bits per heavy atom. The Balaban J connectivity index is 2.67. The van der Waals surface area contributed by atoms with Crippen molar-refractivity contribution >= 4 is 23.5 Å². The third-order valence-electron chi connectivity index (χ3n) is 3.53. The topological polar surface area (TPSA) is 118 Å². The van der Waals surface area contributed by atoms with Gasteiger partial charge in [0, 0.05) is 19.2 Å². The van der Waals surface area contributed by atoms with Crippen LogP contribution in [0.1, 0.15) is 30.5 Å². The minimum Gasteiger partial charge on any atom is -0.676 e. The summed E-state index contributed by atoms with van der Waals surface area (Å²) in [5.74, 6) is -1.11. The van der Waals surface area contributed by atoms with Crippen molar-refractivity contribution in [2.45, 2.75) is 40.3 Å². The zero-order valence-electron chi connectivity index (χ0n) is 15.6. The number of ether oxygens (including phenoxy) is 2.